The van der Waals surface area contributed by atoms with Gasteiger partial charge in [-0.1, -0.05) is 29.8 Å². The van der Waals surface area contributed by atoms with Crippen LogP contribution < -0.4 is 4.90 Å². The lowest BCUT2D eigenvalue weighted by molar-refractivity contribution is -0.137. The van der Waals surface area contributed by atoms with Crippen molar-refractivity contribution in [3.63, 3.8) is 0 Å². The summed E-state index contributed by atoms with van der Waals surface area (Å²) in [6.45, 7) is -0.500. The maximum absolute atomic E-state index is 12.8. The van der Waals surface area contributed by atoms with Gasteiger partial charge in [-0.25, -0.2) is 0 Å². The largest absolute Gasteiger partial charge is 0.416 e. The van der Waals surface area contributed by atoms with Crippen molar-refractivity contribution in [2.45, 2.75) is 38.1 Å². The molecule has 2 nitrogen and oxygen atoms in total. The zero-order valence-electron chi connectivity index (χ0n) is 14.7. The highest BCUT2D eigenvalue weighted by Gasteiger charge is 2.35. The van der Waals surface area contributed by atoms with Crippen LogP contribution in [0.5, 0.6) is 0 Å². The molecule has 27 heavy (non-hydrogen) atoms. The maximum atomic E-state index is 12.8. The Hall–Kier alpha value is -2.15. The Bertz CT molecular complexity index is 742. The van der Waals surface area contributed by atoms with Crippen molar-refractivity contribution in [1.29, 1.82) is 0 Å². The molecule has 0 amide bonds. The average Bonchev–Trinajstić information content (AvgIpc) is 3.04. The molecule has 7 heteroatoms. The van der Waals surface area contributed by atoms with Crippen molar-refractivity contribution in [1.82, 2.24) is 0 Å². The summed E-state index contributed by atoms with van der Waals surface area (Å²) >= 11 is 0. The topological polar surface area (TPSA) is 12.5 Å². The first kappa shape index (κ1) is 19.6. The highest BCUT2D eigenvalue weighted by molar-refractivity contribution is 5.51. The normalized spacial score (nSPS) is 20.5. The highest BCUT2D eigenvalue weighted by atomic mass is 19.4. The number of ether oxygens (including phenoxy) is 1. The summed E-state index contributed by atoms with van der Waals surface area (Å²) in [7, 11) is 0. The molecule has 0 radical (unpaired) electrons. The van der Waals surface area contributed by atoms with Crippen LogP contribution in [0.4, 0.5) is 27.6 Å². The van der Waals surface area contributed by atoms with E-state index in [4.69, 9.17) is 0 Å². The third kappa shape index (κ3) is 4.77. The molecule has 1 heterocycles. The van der Waals surface area contributed by atoms with E-state index in [1.807, 2.05) is 36.1 Å². The van der Waals surface area contributed by atoms with E-state index in [-0.39, 0.29) is 18.6 Å². The fraction of sp³-hybridized carbons (Fsp3) is 0.400. The van der Waals surface area contributed by atoms with Gasteiger partial charge in [0.25, 0.3) is 0 Å². The Kier molecular flexibility index (Phi) is 5.69. The van der Waals surface area contributed by atoms with Crippen molar-refractivity contribution < 1.29 is 26.7 Å². The van der Waals surface area contributed by atoms with Crippen LogP contribution in [0.2, 0.25) is 0 Å². The number of alkyl halides is 5. The van der Waals surface area contributed by atoms with Gasteiger partial charge in [-0.05, 0) is 43.2 Å². The van der Waals surface area contributed by atoms with Crippen LogP contribution >= 0.6 is 0 Å². The summed E-state index contributed by atoms with van der Waals surface area (Å²) in [5.74, 6) is -0.0557. The third-order valence-corrected chi connectivity index (χ3v) is 4.90. The Labute approximate surface area is 154 Å². The molecule has 1 saturated heterocycles. The van der Waals surface area contributed by atoms with Gasteiger partial charge < -0.3 is 9.64 Å². The van der Waals surface area contributed by atoms with Gasteiger partial charge in [0.1, 0.15) is 0 Å². The molecule has 0 aliphatic carbocycles. The first-order valence-electron chi connectivity index (χ1n) is 8.64. The molecule has 2 atom stereocenters. The lowest BCUT2D eigenvalue weighted by Gasteiger charge is -2.26. The zero-order valence-corrected chi connectivity index (χ0v) is 14.7. The summed E-state index contributed by atoms with van der Waals surface area (Å²) in [5.41, 5.74) is 2.03. The van der Waals surface area contributed by atoms with Crippen LogP contribution in [0.25, 0.3) is 0 Å². The van der Waals surface area contributed by atoms with E-state index in [0.717, 1.165) is 28.9 Å². The highest BCUT2D eigenvalue weighted by Crippen LogP contribution is 2.37. The Balaban J connectivity index is 1.80. The predicted molar refractivity (Wildman–Crippen MR) is 93.1 cm³/mol. The monoisotopic (exact) mass is 385 g/mol. The molecular weight excluding hydrogens is 365 g/mol. The third-order valence-electron chi connectivity index (χ3n) is 4.90. The SMILES string of the molecule is Cc1ccc(N2CC(c3ccc(C(F)(F)F)cc3)CC2COC(F)F)cc1. The van der Waals surface area contributed by atoms with E-state index >= 15 is 0 Å². The molecule has 1 fully saturated rings. The summed E-state index contributed by atoms with van der Waals surface area (Å²) in [5, 5.41) is 0. The first-order chi connectivity index (χ1) is 12.7. The minimum atomic E-state index is -4.38. The van der Waals surface area contributed by atoms with Crippen molar-refractivity contribution in [2.24, 2.45) is 0 Å². The molecular formula is C20H20F5NO. The van der Waals surface area contributed by atoms with E-state index in [1.54, 1.807) is 0 Å². The van der Waals surface area contributed by atoms with E-state index in [0.29, 0.717) is 13.0 Å². The number of aryl methyl sites for hydroxylation is 1. The minimum absolute atomic E-state index is 0.0557. The molecule has 1 aliphatic heterocycles. The van der Waals surface area contributed by atoms with Gasteiger partial charge in [0.2, 0.25) is 0 Å². The maximum Gasteiger partial charge on any atom is 0.416 e. The number of anilines is 1. The summed E-state index contributed by atoms with van der Waals surface area (Å²) in [6.07, 6.45) is -3.85. The molecule has 0 aromatic heterocycles. The van der Waals surface area contributed by atoms with Crippen molar-refractivity contribution >= 4 is 5.69 Å². The predicted octanol–water partition coefficient (Wildman–Crippen LogP) is 5.62. The first-order valence-corrected chi connectivity index (χ1v) is 8.64. The van der Waals surface area contributed by atoms with Gasteiger partial charge in [0.15, 0.2) is 0 Å². The molecule has 0 saturated carbocycles. The Morgan fingerprint density at radius 3 is 2.22 bits per heavy atom. The molecule has 0 N–H and O–H groups in total. The second kappa shape index (κ2) is 7.84. The van der Waals surface area contributed by atoms with Gasteiger partial charge in [-0.2, -0.15) is 22.0 Å². The quantitative estimate of drug-likeness (QED) is 0.620. The van der Waals surface area contributed by atoms with Gasteiger partial charge in [0, 0.05) is 18.2 Å². The summed E-state index contributed by atoms with van der Waals surface area (Å²) < 4.78 is 67.8. The van der Waals surface area contributed by atoms with E-state index in [2.05, 4.69) is 4.74 Å². The van der Waals surface area contributed by atoms with Gasteiger partial charge >= 0.3 is 12.8 Å². The Morgan fingerprint density at radius 1 is 1.04 bits per heavy atom. The molecule has 2 aromatic carbocycles. The molecule has 146 valence electrons. The van der Waals surface area contributed by atoms with Crippen molar-refractivity contribution in [2.75, 3.05) is 18.1 Å². The van der Waals surface area contributed by atoms with Crippen LogP contribution in [0.3, 0.4) is 0 Å². The fourth-order valence-corrected chi connectivity index (χ4v) is 3.50. The van der Waals surface area contributed by atoms with Gasteiger partial charge in [-0.15, -0.1) is 0 Å². The second-order valence-electron chi connectivity index (χ2n) is 6.79. The average molecular weight is 385 g/mol. The number of nitrogens with zero attached hydrogens (tertiary/aromatic N) is 1. The Morgan fingerprint density at radius 2 is 1.67 bits per heavy atom. The van der Waals surface area contributed by atoms with Gasteiger partial charge in [-0.3, -0.25) is 0 Å². The fourth-order valence-electron chi connectivity index (χ4n) is 3.50. The second-order valence-corrected chi connectivity index (χ2v) is 6.79. The standard InChI is InChI=1S/C20H20F5NO/c1-13-2-8-17(9-3-13)26-11-15(10-18(26)12-27-19(21)22)14-4-6-16(7-5-14)20(23,24)25/h2-9,15,18-19H,10-12H2,1H3. The number of hydrogen-bond acceptors (Lipinski definition) is 2. The van der Waals surface area contributed by atoms with Crippen molar-refractivity contribution in [3.05, 3.63) is 65.2 Å². The number of benzene rings is 2. The lowest BCUT2D eigenvalue weighted by atomic mass is 9.95. The molecule has 0 spiro atoms. The molecule has 2 unspecified atom stereocenters. The van der Waals surface area contributed by atoms with E-state index in [1.165, 1.54) is 12.1 Å². The number of rotatable bonds is 5. The molecule has 1 aliphatic rings. The van der Waals surface area contributed by atoms with Crippen LogP contribution in [0, 0.1) is 6.92 Å². The smallest absolute Gasteiger partial charge is 0.366 e. The van der Waals surface area contributed by atoms with Crippen molar-refractivity contribution in [3.8, 4) is 0 Å². The summed E-state index contributed by atoms with van der Waals surface area (Å²) in [6, 6.07) is 12.5. The molecule has 2 aromatic rings. The number of hydrogen-bond donors (Lipinski definition) is 0. The van der Waals surface area contributed by atoms with Crippen LogP contribution in [-0.2, 0) is 10.9 Å². The van der Waals surface area contributed by atoms with Gasteiger partial charge in [0.05, 0.1) is 18.2 Å². The van der Waals surface area contributed by atoms with Crippen LogP contribution in [0.1, 0.15) is 29.0 Å². The molecule has 3 rings (SSSR count). The van der Waals surface area contributed by atoms with Crippen LogP contribution in [-0.4, -0.2) is 25.8 Å². The van der Waals surface area contributed by atoms with Crippen LogP contribution in [0.15, 0.2) is 48.5 Å². The lowest BCUT2D eigenvalue weighted by Crippen LogP contribution is -2.33. The van der Waals surface area contributed by atoms with E-state index < -0.39 is 18.4 Å². The summed E-state index contributed by atoms with van der Waals surface area (Å²) in [4.78, 5) is 1.99. The minimum Gasteiger partial charge on any atom is -0.366 e. The molecule has 0 bridgehead atoms. The van der Waals surface area contributed by atoms with E-state index in [9.17, 15) is 22.0 Å². The zero-order chi connectivity index (χ0) is 19.6. The number of halogens is 5.